The Balaban J connectivity index is 0.00000364. The Bertz CT molecular complexity index is 696. The van der Waals surface area contributed by atoms with E-state index in [1.807, 2.05) is 18.3 Å². The second kappa shape index (κ2) is 13.7. The van der Waals surface area contributed by atoms with Gasteiger partial charge >= 0.3 is 0 Å². The number of nitrogens with one attached hydrogen (secondary N) is 2. The van der Waals surface area contributed by atoms with Gasteiger partial charge in [-0.1, -0.05) is 13.0 Å². The number of pyridine rings is 1. The Morgan fingerprint density at radius 2 is 2.11 bits per heavy atom. The highest BCUT2D eigenvalue weighted by molar-refractivity contribution is 14.0. The highest BCUT2D eigenvalue weighted by atomic mass is 127. The summed E-state index contributed by atoms with van der Waals surface area (Å²) in [6, 6.07) is 3.88. The molecule has 0 bridgehead atoms. The molecule has 27 heavy (non-hydrogen) atoms. The van der Waals surface area contributed by atoms with Gasteiger partial charge in [0.25, 0.3) is 0 Å². The molecule has 0 saturated heterocycles. The fourth-order valence-corrected chi connectivity index (χ4v) is 3.09. The van der Waals surface area contributed by atoms with Gasteiger partial charge in [0.05, 0.1) is 11.6 Å². The number of methoxy groups -OCH3 is 1. The third kappa shape index (κ3) is 8.39. The van der Waals surface area contributed by atoms with Crippen LogP contribution < -0.4 is 15.4 Å². The first-order valence-electron chi connectivity index (χ1n) is 8.70. The summed E-state index contributed by atoms with van der Waals surface area (Å²) in [7, 11) is 3.40. The van der Waals surface area contributed by atoms with Gasteiger partial charge < -0.3 is 20.1 Å². The molecule has 2 heterocycles. The maximum absolute atomic E-state index is 5.65. The first kappa shape index (κ1) is 23.6. The molecule has 0 radical (unpaired) electrons. The smallest absolute Gasteiger partial charge is 0.218 e. The van der Waals surface area contributed by atoms with E-state index in [1.165, 1.54) is 4.88 Å². The van der Waals surface area contributed by atoms with E-state index in [0.29, 0.717) is 25.6 Å². The summed E-state index contributed by atoms with van der Waals surface area (Å²) < 4.78 is 10.7. The third-order valence-electron chi connectivity index (χ3n) is 3.63. The standard InChI is InChI=1S/C18H27N5O2S.HI/c1-4-15-13-22-16(26-15)7-9-21-18(19-2)23-12-14-6-5-8-20-17(14)25-11-10-24-3;/h5-6,8,13H,4,7,9-12H2,1-3H3,(H2,19,21,23);1H. The zero-order valence-corrected chi connectivity index (χ0v) is 19.2. The maximum Gasteiger partial charge on any atom is 0.218 e. The molecule has 2 aromatic heterocycles. The molecule has 0 aromatic carbocycles. The second-order valence-corrected chi connectivity index (χ2v) is 6.69. The minimum Gasteiger partial charge on any atom is -0.475 e. The van der Waals surface area contributed by atoms with E-state index < -0.39 is 0 Å². The van der Waals surface area contributed by atoms with Gasteiger partial charge in [-0.2, -0.15) is 0 Å². The largest absolute Gasteiger partial charge is 0.475 e. The summed E-state index contributed by atoms with van der Waals surface area (Å²) in [5.41, 5.74) is 0.971. The van der Waals surface area contributed by atoms with Crippen LogP contribution in [0.2, 0.25) is 0 Å². The molecule has 0 saturated carbocycles. The van der Waals surface area contributed by atoms with Crippen molar-refractivity contribution in [3.63, 3.8) is 0 Å². The molecular weight excluding hydrogens is 477 g/mol. The van der Waals surface area contributed by atoms with Crippen LogP contribution in [0.25, 0.3) is 0 Å². The lowest BCUT2D eigenvalue weighted by molar-refractivity contribution is 0.143. The van der Waals surface area contributed by atoms with Crippen molar-refractivity contribution < 1.29 is 9.47 Å². The zero-order valence-electron chi connectivity index (χ0n) is 16.0. The number of aromatic nitrogens is 2. The van der Waals surface area contributed by atoms with Gasteiger partial charge in [-0.3, -0.25) is 4.99 Å². The molecule has 0 aliphatic carbocycles. The van der Waals surface area contributed by atoms with Crippen LogP contribution in [0.15, 0.2) is 29.5 Å². The molecule has 2 N–H and O–H groups in total. The SMILES string of the molecule is CCc1cnc(CCNC(=NC)NCc2cccnc2OCCOC)s1.I. The average Bonchev–Trinajstić information content (AvgIpc) is 3.13. The van der Waals surface area contributed by atoms with E-state index in [-0.39, 0.29) is 24.0 Å². The van der Waals surface area contributed by atoms with Crippen LogP contribution in [0, 0.1) is 0 Å². The van der Waals surface area contributed by atoms with E-state index >= 15 is 0 Å². The van der Waals surface area contributed by atoms with Gasteiger partial charge in [0.2, 0.25) is 5.88 Å². The summed E-state index contributed by atoms with van der Waals surface area (Å²) in [6.45, 7) is 4.50. The van der Waals surface area contributed by atoms with Crippen LogP contribution in [-0.2, 0) is 24.1 Å². The molecule has 2 aromatic rings. The van der Waals surface area contributed by atoms with Gasteiger partial charge in [0, 0.05) is 56.5 Å². The van der Waals surface area contributed by atoms with Crippen molar-refractivity contribution in [1.82, 2.24) is 20.6 Å². The number of ether oxygens (including phenoxy) is 2. The molecule has 0 atom stereocenters. The number of halogens is 1. The van der Waals surface area contributed by atoms with Gasteiger partial charge in [-0.05, 0) is 12.5 Å². The molecule has 2 rings (SSSR count). The normalized spacial score (nSPS) is 11.0. The van der Waals surface area contributed by atoms with Crippen molar-refractivity contribution in [2.45, 2.75) is 26.3 Å². The van der Waals surface area contributed by atoms with Gasteiger partial charge in [-0.15, -0.1) is 35.3 Å². The molecular formula is C18H28IN5O2S. The number of hydrogen-bond acceptors (Lipinski definition) is 6. The van der Waals surface area contributed by atoms with Gasteiger partial charge in [0.15, 0.2) is 5.96 Å². The number of thiazole rings is 1. The highest BCUT2D eigenvalue weighted by Gasteiger charge is 2.06. The fourth-order valence-electron chi connectivity index (χ4n) is 2.22. The highest BCUT2D eigenvalue weighted by Crippen LogP contribution is 2.14. The summed E-state index contributed by atoms with van der Waals surface area (Å²) in [5, 5.41) is 7.75. The molecule has 0 aliphatic rings. The number of nitrogens with zero attached hydrogens (tertiary/aromatic N) is 3. The van der Waals surface area contributed by atoms with Crippen molar-refractivity contribution >= 4 is 41.3 Å². The lowest BCUT2D eigenvalue weighted by Crippen LogP contribution is -2.38. The predicted octanol–water partition coefficient (Wildman–Crippen LogP) is 2.65. The third-order valence-corrected chi connectivity index (χ3v) is 4.83. The monoisotopic (exact) mass is 505 g/mol. The van der Waals surface area contributed by atoms with Crippen LogP contribution in [0.5, 0.6) is 5.88 Å². The van der Waals surface area contributed by atoms with Crippen LogP contribution in [-0.4, -0.2) is 49.8 Å². The van der Waals surface area contributed by atoms with Crippen LogP contribution in [0.1, 0.15) is 22.4 Å². The van der Waals surface area contributed by atoms with Crippen LogP contribution in [0.4, 0.5) is 0 Å². The minimum atomic E-state index is 0. The first-order chi connectivity index (χ1) is 12.8. The van der Waals surface area contributed by atoms with Gasteiger partial charge in [0.1, 0.15) is 6.61 Å². The Labute approximate surface area is 182 Å². The maximum atomic E-state index is 5.65. The van der Waals surface area contributed by atoms with Crippen LogP contribution in [0.3, 0.4) is 0 Å². The zero-order chi connectivity index (χ0) is 18.6. The first-order valence-corrected chi connectivity index (χ1v) is 9.52. The fraction of sp³-hybridized carbons (Fsp3) is 0.500. The molecule has 9 heteroatoms. The average molecular weight is 505 g/mol. The minimum absolute atomic E-state index is 0. The number of aryl methyl sites for hydroxylation is 1. The topological polar surface area (TPSA) is 80.7 Å². The number of rotatable bonds is 10. The molecule has 0 aliphatic heterocycles. The summed E-state index contributed by atoms with van der Waals surface area (Å²) in [4.78, 5) is 14.3. The van der Waals surface area contributed by atoms with Crippen molar-refractivity contribution in [1.29, 1.82) is 0 Å². The van der Waals surface area contributed by atoms with Crippen LogP contribution >= 0.6 is 35.3 Å². The van der Waals surface area contributed by atoms with Gasteiger partial charge in [-0.25, -0.2) is 9.97 Å². The summed E-state index contributed by atoms with van der Waals surface area (Å²) in [5.74, 6) is 1.35. The lowest BCUT2D eigenvalue weighted by atomic mass is 10.2. The van der Waals surface area contributed by atoms with Crippen molar-refractivity contribution in [2.75, 3.05) is 33.9 Å². The van der Waals surface area contributed by atoms with E-state index in [9.17, 15) is 0 Å². The summed E-state index contributed by atoms with van der Waals surface area (Å²) >= 11 is 1.77. The Hall–Kier alpha value is -1.46. The van der Waals surface area contributed by atoms with Crippen molar-refractivity contribution in [3.05, 3.63) is 40.0 Å². The Morgan fingerprint density at radius 3 is 2.81 bits per heavy atom. The van der Waals surface area contributed by atoms with E-state index in [0.717, 1.165) is 35.9 Å². The number of aliphatic imine (C=N–C) groups is 1. The number of guanidine groups is 1. The Morgan fingerprint density at radius 1 is 1.26 bits per heavy atom. The van der Waals surface area contributed by atoms with Crippen molar-refractivity contribution in [2.24, 2.45) is 4.99 Å². The molecule has 0 spiro atoms. The van der Waals surface area contributed by atoms with E-state index in [4.69, 9.17) is 9.47 Å². The number of hydrogen-bond donors (Lipinski definition) is 2. The quantitative estimate of drug-likeness (QED) is 0.224. The van der Waals surface area contributed by atoms with E-state index in [1.54, 1.807) is 31.7 Å². The lowest BCUT2D eigenvalue weighted by Gasteiger charge is -2.13. The van der Waals surface area contributed by atoms with E-state index in [2.05, 4.69) is 32.5 Å². The van der Waals surface area contributed by atoms with Crippen molar-refractivity contribution in [3.8, 4) is 5.88 Å². The molecule has 7 nitrogen and oxygen atoms in total. The molecule has 0 unspecified atom stereocenters. The molecule has 0 fully saturated rings. The molecule has 150 valence electrons. The second-order valence-electron chi connectivity index (χ2n) is 5.49. The predicted molar refractivity (Wildman–Crippen MR) is 120 cm³/mol. The Kier molecular flexibility index (Phi) is 11.9. The summed E-state index contributed by atoms with van der Waals surface area (Å²) in [6.07, 6.45) is 5.59. The molecule has 0 amide bonds.